The Kier molecular flexibility index (Phi) is 5.23. The summed E-state index contributed by atoms with van der Waals surface area (Å²) < 4.78 is 5.09. The van der Waals surface area contributed by atoms with Gasteiger partial charge in [-0.15, -0.1) is 11.6 Å². The van der Waals surface area contributed by atoms with Gasteiger partial charge in [-0.05, 0) is 31.2 Å². The van der Waals surface area contributed by atoms with Crippen molar-refractivity contribution < 1.29 is 4.74 Å². The number of hydrogen-bond acceptors (Lipinski definition) is 2. The zero-order chi connectivity index (χ0) is 11.3. The lowest BCUT2D eigenvalue weighted by molar-refractivity contribution is 0.414. The molecule has 1 unspecified atom stereocenters. The average Bonchev–Trinajstić information content (AvgIpc) is 2.25. The fourth-order valence-electron chi connectivity index (χ4n) is 1.49. The van der Waals surface area contributed by atoms with Crippen LogP contribution >= 0.6 is 23.2 Å². The van der Waals surface area contributed by atoms with Crippen LogP contribution < -0.4 is 10.1 Å². The van der Waals surface area contributed by atoms with Gasteiger partial charge in [-0.25, -0.2) is 0 Å². The van der Waals surface area contributed by atoms with Crippen molar-refractivity contribution in [1.29, 1.82) is 0 Å². The van der Waals surface area contributed by atoms with Crippen molar-refractivity contribution in [2.45, 2.75) is 12.5 Å². The summed E-state index contributed by atoms with van der Waals surface area (Å²) in [6, 6.07) is 6.02. The van der Waals surface area contributed by atoms with Gasteiger partial charge in [0.1, 0.15) is 5.75 Å². The maximum absolute atomic E-state index is 6.04. The molecule has 4 heteroatoms. The average molecular weight is 248 g/mol. The topological polar surface area (TPSA) is 21.3 Å². The predicted octanol–water partition coefficient (Wildman–Crippen LogP) is 3.24. The lowest BCUT2D eigenvalue weighted by Gasteiger charge is -2.16. The smallest absolute Gasteiger partial charge is 0.137 e. The van der Waals surface area contributed by atoms with E-state index in [0.29, 0.717) is 16.7 Å². The number of hydrogen-bond donors (Lipinski definition) is 1. The van der Waals surface area contributed by atoms with E-state index in [0.717, 1.165) is 12.0 Å². The summed E-state index contributed by atoms with van der Waals surface area (Å²) >= 11 is 11.8. The minimum absolute atomic E-state index is 0.242. The van der Waals surface area contributed by atoms with Gasteiger partial charge in [0.2, 0.25) is 0 Å². The van der Waals surface area contributed by atoms with Gasteiger partial charge in [-0.1, -0.05) is 17.7 Å². The first kappa shape index (κ1) is 12.6. The minimum Gasteiger partial charge on any atom is -0.495 e. The molecular weight excluding hydrogens is 233 g/mol. The Labute approximate surface area is 101 Å². The fraction of sp³-hybridized carbons (Fsp3) is 0.455. The summed E-state index contributed by atoms with van der Waals surface area (Å²) in [4.78, 5) is 0. The third kappa shape index (κ3) is 3.26. The molecule has 0 saturated carbocycles. The Morgan fingerprint density at radius 3 is 2.67 bits per heavy atom. The quantitative estimate of drug-likeness (QED) is 0.807. The van der Waals surface area contributed by atoms with Crippen LogP contribution in [0.3, 0.4) is 0 Å². The second-order valence-corrected chi connectivity index (χ2v) is 4.00. The largest absolute Gasteiger partial charge is 0.495 e. The van der Waals surface area contributed by atoms with Gasteiger partial charge in [0.25, 0.3) is 0 Å². The first-order valence-corrected chi connectivity index (χ1v) is 5.70. The van der Waals surface area contributed by atoms with Crippen molar-refractivity contribution >= 4 is 23.2 Å². The second kappa shape index (κ2) is 6.21. The normalized spacial score (nSPS) is 12.5. The predicted molar refractivity (Wildman–Crippen MR) is 65.1 cm³/mol. The monoisotopic (exact) mass is 247 g/mol. The van der Waals surface area contributed by atoms with Gasteiger partial charge in [-0.2, -0.15) is 0 Å². The number of alkyl halides is 1. The third-order valence-corrected chi connectivity index (χ3v) is 2.84. The standard InChI is InChI=1S/C11H15Cl2NO/c1-14-10(5-6-12)8-3-4-11(15-2)9(13)7-8/h3-4,7,10,14H,5-6H2,1-2H3. The van der Waals surface area contributed by atoms with E-state index in [-0.39, 0.29) is 6.04 Å². The molecule has 1 N–H and O–H groups in total. The van der Waals surface area contributed by atoms with Crippen LogP contribution in [0, 0.1) is 0 Å². The summed E-state index contributed by atoms with van der Waals surface area (Å²) in [5.41, 5.74) is 1.13. The molecule has 0 saturated heterocycles. The lowest BCUT2D eigenvalue weighted by atomic mass is 10.0. The highest BCUT2D eigenvalue weighted by atomic mass is 35.5. The molecule has 0 spiro atoms. The minimum atomic E-state index is 0.242. The molecule has 1 aromatic carbocycles. The number of methoxy groups -OCH3 is 1. The van der Waals surface area contributed by atoms with E-state index in [1.165, 1.54) is 0 Å². The molecule has 2 nitrogen and oxygen atoms in total. The molecule has 0 aromatic heterocycles. The van der Waals surface area contributed by atoms with Crippen LogP contribution in [-0.4, -0.2) is 20.0 Å². The van der Waals surface area contributed by atoms with E-state index in [4.69, 9.17) is 27.9 Å². The molecule has 0 bridgehead atoms. The summed E-state index contributed by atoms with van der Waals surface area (Å²) in [5, 5.41) is 3.83. The van der Waals surface area contributed by atoms with Crippen LogP contribution in [0.2, 0.25) is 5.02 Å². The van der Waals surface area contributed by atoms with Crippen molar-refractivity contribution in [1.82, 2.24) is 5.32 Å². The molecule has 0 aliphatic rings. The SMILES string of the molecule is CNC(CCCl)c1ccc(OC)c(Cl)c1. The van der Waals surface area contributed by atoms with E-state index >= 15 is 0 Å². The van der Waals surface area contributed by atoms with Crippen molar-refractivity contribution in [3.63, 3.8) is 0 Å². The van der Waals surface area contributed by atoms with Crippen LogP contribution in [0.4, 0.5) is 0 Å². The maximum atomic E-state index is 6.04. The second-order valence-electron chi connectivity index (χ2n) is 3.21. The summed E-state index contributed by atoms with van der Waals surface area (Å²) in [6.07, 6.45) is 0.876. The molecule has 0 aliphatic heterocycles. The van der Waals surface area contributed by atoms with E-state index in [9.17, 15) is 0 Å². The molecule has 1 rings (SSSR count). The summed E-state index contributed by atoms with van der Waals surface area (Å²) in [7, 11) is 3.52. The van der Waals surface area contributed by atoms with Crippen LogP contribution in [0.1, 0.15) is 18.0 Å². The molecule has 0 radical (unpaired) electrons. The van der Waals surface area contributed by atoms with Crippen LogP contribution in [0.25, 0.3) is 0 Å². The van der Waals surface area contributed by atoms with E-state index in [2.05, 4.69) is 5.32 Å². The van der Waals surface area contributed by atoms with Crippen molar-refractivity contribution in [3.05, 3.63) is 28.8 Å². The number of benzene rings is 1. The summed E-state index contributed by atoms with van der Waals surface area (Å²) in [6.45, 7) is 0. The Morgan fingerprint density at radius 2 is 2.20 bits per heavy atom. The van der Waals surface area contributed by atoms with Crippen molar-refractivity contribution in [3.8, 4) is 5.75 Å². The highest BCUT2D eigenvalue weighted by Crippen LogP contribution is 2.28. The molecule has 0 aliphatic carbocycles. The number of halogens is 2. The van der Waals surface area contributed by atoms with E-state index in [1.54, 1.807) is 7.11 Å². The maximum Gasteiger partial charge on any atom is 0.137 e. The zero-order valence-electron chi connectivity index (χ0n) is 8.89. The first-order valence-electron chi connectivity index (χ1n) is 4.79. The molecule has 0 heterocycles. The van der Waals surface area contributed by atoms with E-state index < -0.39 is 0 Å². The van der Waals surface area contributed by atoms with Crippen molar-refractivity contribution in [2.24, 2.45) is 0 Å². The van der Waals surface area contributed by atoms with Gasteiger partial charge >= 0.3 is 0 Å². The van der Waals surface area contributed by atoms with Crippen LogP contribution in [-0.2, 0) is 0 Å². The Morgan fingerprint density at radius 1 is 1.47 bits per heavy atom. The molecule has 0 amide bonds. The molecule has 1 aromatic rings. The van der Waals surface area contributed by atoms with Gasteiger partial charge in [0.15, 0.2) is 0 Å². The van der Waals surface area contributed by atoms with Gasteiger partial charge < -0.3 is 10.1 Å². The number of rotatable bonds is 5. The first-order chi connectivity index (χ1) is 7.22. The molecule has 1 atom stereocenters. The van der Waals surface area contributed by atoms with Gasteiger partial charge in [0, 0.05) is 11.9 Å². The van der Waals surface area contributed by atoms with Crippen LogP contribution in [0.15, 0.2) is 18.2 Å². The number of nitrogens with one attached hydrogen (secondary N) is 1. The van der Waals surface area contributed by atoms with E-state index in [1.807, 2.05) is 25.2 Å². The number of ether oxygens (including phenoxy) is 1. The third-order valence-electron chi connectivity index (χ3n) is 2.32. The fourth-order valence-corrected chi connectivity index (χ4v) is 1.97. The molecule has 84 valence electrons. The highest BCUT2D eigenvalue weighted by molar-refractivity contribution is 6.32. The zero-order valence-corrected chi connectivity index (χ0v) is 10.4. The lowest BCUT2D eigenvalue weighted by Crippen LogP contribution is -2.16. The van der Waals surface area contributed by atoms with Gasteiger partial charge in [-0.3, -0.25) is 0 Å². The Bertz CT molecular complexity index is 317. The Balaban J connectivity index is 2.89. The van der Waals surface area contributed by atoms with Crippen molar-refractivity contribution in [2.75, 3.05) is 20.0 Å². The Hall–Kier alpha value is -0.440. The van der Waals surface area contributed by atoms with Gasteiger partial charge in [0.05, 0.1) is 12.1 Å². The highest BCUT2D eigenvalue weighted by Gasteiger charge is 2.10. The molecule has 15 heavy (non-hydrogen) atoms. The summed E-state index contributed by atoms with van der Waals surface area (Å²) in [5.74, 6) is 1.32. The van der Waals surface area contributed by atoms with Crippen LogP contribution in [0.5, 0.6) is 5.75 Å². The molecular formula is C11H15Cl2NO. The molecule has 0 fully saturated rings.